The summed E-state index contributed by atoms with van der Waals surface area (Å²) in [4.78, 5) is 24.6. The minimum Gasteiger partial charge on any atom is -0.369 e. The zero-order chi connectivity index (χ0) is 18.3. The van der Waals surface area contributed by atoms with Gasteiger partial charge in [0.2, 0.25) is 11.9 Å². The highest BCUT2D eigenvalue weighted by Crippen LogP contribution is 2.27. The quantitative estimate of drug-likeness (QED) is 0.667. The molecule has 1 amide bonds. The van der Waals surface area contributed by atoms with E-state index < -0.39 is 9.84 Å². The Labute approximate surface area is 152 Å². The number of nitrogens with two attached hydrogens (primary N) is 1. The molecule has 3 fully saturated rings. The average molecular weight is 380 g/mol. The lowest BCUT2D eigenvalue weighted by Gasteiger charge is -2.38. The fourth-order valence-corrected chi connectivity index (χ4v) is 6.12. The van der Waals surface area contributed by atoms with E-state index in [1.54, 1.807) is 6.20 Å². The number of sulfone groups is 1. The van der Waals surface area contributed by atoms with E-state index >= 15 is 0 Å². The van der Waals surface area contributed by atoms with Crippen LogP contribution in [-0.4, -0.2) is 74.1 Å². The summed E-state index contributed by atoms with van der Waals surface area (Å²) in [5.74, 6) is 1.42. The number of primary amides is 1. The van der Waals surface area contributed by atoms with Gasteiger partial charge in [-0.2, -0.15) is 4.98 Å². The molecule has 0 radical (unpaired) electrons. The number of piperazine rings is 1. The van der Waals surface area contributed by atoms with Gasteiger partial charge in [-0.05, 0) is 18.9 Å². The first-order valence-electron chi connectivity index (χ1n) is 9.01. The first kappa shape index (κ1) is 17.5. The molecule has 10 heteroatoms. The third-order valence-corrected chi connectivity index (χ3v) is 7.30. The molecular formula is C16H24N6O3S. The predicted octanol–water partition coefficient (Wildman–Crippen LogP) is -1.25. The molecule has 0 spiro atoms. The van der Waals surface area contributed by atoms with Gasteiger partial charge in [0.05, 0.1) is 17.5 Å². The minimum atomic E-state index is -3.02. The normalized spacial score (nSPS) is 28.8. The van der Waals surface area contributed by atoms with Crippen molar-refractivity contribution in [3.8, 4) is 0 Å². The SMILES string of the molecule is NC(=O)C1CCN(c2nccc(N3CCN[C@@H]4CS(=O)(=O)C[C@@H]43)n2)CC1. The lowest BCUT2D eigenvalue weighted by atomic mass is 9.96. The Kier molecular flexibility index (Phi) is 4.47. The molecule has 3 aliphatic heterocycles. The van der Waals surface area contributed by atoms with Gasteiger partial charge in [-0.25, -0.2) is 13.4 Å². The third-order valence-electron chi connectivity index (χ3n) is 5.58. The first-order chi connectivity index (χ1) is 12.4. The molecule has 0 unspecified atom stereocenters. The number of rotatable bonds is 3. The lowest BCUT2D eigenvalue weighted by Crippen LogP contribution is -2.57. The van der Waals surface area contributed by atoms with Crippen molar-refractivity contribution in [3.05, 3.63) is 12.3 Å². The lowest BCUT2D eigenvalue weighted by molar-refractivity contribution is -0.122. The fourth-order valence-electron chi connectivity index (χ4n) is 4.17. The first-order valence-corrected chi connectivity index (χ1v) is 10.8. The summed E-state index contributed by atoms with van der Waals surface area (Å²) in [6, 6.07) is 1.71. The highest BCUT2D eigenvalue weighted by molar-refractivity contribution is 7.91. The van der Waals surface area contributed by atoms with E-state index in [0.717, 1.165) is 18.9 Å². The molecule has 0 saturated carbocycles. The van der Waals surface area contributed by atoms with Crippen molar-refractivity contribution in [3.63, 3.8) is 0 Å². The molecule has 26 heavy (non-hydrogen) atoms. The number of anilines is 2. The molecule has 1 aromatic heterocycles. The molecule has 0 bridgehead atoms. The number of nitrogens with one attached hydrogen (secondary N) is 1. The maximum absolute atomic E-state index is 12.0. The van der Waals surface area contributed by atoms with Gasteiger partial charge < -0.3 is 20.9 Å². The summed E-state index contributed by atoms with van der Waals surface area (Å²) >= 11 is 0. The van der Waals surface area contributed by atoms with Crippen LogP contribution in [0.1, 0.15) is 12.8 Å². The molecule has 2 atom stereocenters. The number of carbonyl (C=O) groups excluding carboxylic acids is 1. The van der Waals surface area contributed by atoms with Crippen LogP contribution in [0.5, 0.6) is 0 Å². The van der Waals surface area contributed by atoms with Gasteiger partial charge in [0.25, 0.3) is 0 Å². The van der Waals surface area contributed by atoms with Crippen LogP contribution in [0.2, 0.25) is 0 Å². The van der Waals surface area contributed by atoms with Gasteiger partial charge in [0.15, 0.2) is 9.84 Å². The van der Waals surface area contributed by atoms with E-state index in [1.807, 2.05) is 6.07 Å². The van der Waals surface area contributed by atoms with Crippen molar-refractivity contribution in [2.45, 2.75) is 24.9 Å². The standard InChI is InChI=1S/C16H24N6O3S/c17-15(23)11-2-6-21(7-3-11)16-19-4-1-14(20-16)22-8-5-18-12-9-26(24,25)10-13(12)22/h1,4,11-13,18H,2-3,5-10H2,(H2,17,23)/t12-,13+/m1/s1. The minimum absolute atomic E-state index is 0.0431. The molecule has 3 N–H and O–H groups in total. The van der Waals surface area contributed by atoms with Crippen LogP contribution in [0, 0.1) is 5.92 Å². The molecule has 0 aromatic carbocycles. The summed E-state index contributed by atoms with van der Waals surface area (Å²) in [6.45, 7) is 2.84. The zero-order valence-electron chi connectivity index (χ0n) is 14.5. The Balaban J connectivity index is 1.52. The summed E-state index contributed by atoms with van der Waals surface area (Å²) in [5, 5.41) is 3.31. The molecule has 1 aromatic rings. The Morgan fingerprint density at radius 2 is 2.00 bits per heavy atom. The number of fused-ring (bicyclic) bond motifs is 1. The summed E-state index contributed by atoms with van der Waals surface area (Å²) in [7, 11) is -3.02. The van der Waals surface area contributed by atoms with Gasteiger partial charge >= 0.3 is 0 Å². The average Bonchev–Trinajstić information content (AvgIpc) is 2.95. The Morgan fingerprint density at radius 3 is 2.73 bits per heavy atom. The van der Waals surface area contributed by atoms with Crippen molar-refractivity contribution >= 4 is 27.5 Å². The number of hydrogen-bond acceptors (Lipinski definition) is 8. The molecule has 9 nitrogen and oxygen atoms in total. The van der Waals surface area contributed by atoms with E-state index in [0.29, 0.717) is 31.9 Å². The summed E-state index contributed by atoms with van der Waals surface area (Å²) < 4.78 is 24.1. The van der Waals surface area contributed by atoms with Gasteiger partial charge in [-0.15, -0.1) is 0 Å². The fraction of sp³-hybridized carbons (Fsp3) is 0.688. The maximum atomic E-state index is 12.0. The van der Waals surface area contributed by atoms with Crippen LogP contribution in [0.15, 0.2) is 12.3 Å². The maximum Gasteiger partial charge on any atom is 0.227 e. The second-order valence-electron chi connectivity index (χ2n) is 7.28. The number of amides is 1. The van der Waals surface area contributed by atoms with Crippen LogP contribution >= 0.6 is 0 Å². The van der Waals surface area contributed by atoms with E-state index in [-0.39, 0.29) is 35.4 Å². The topological polar surface area (TPSA) is 122 Å². The number of carbonyl (C=O) groups is 1. The number of piperidine rings is 1. The molecule has 4 heterocycles. The van der Waals surface area contributed by atoms with Crippen LogP contribution in [-0.2, 0) is 14.6 Å². The molecule has 0 aliphatic carbocycles. The van der Waals surface area contributed by atoms with Crippen molar-refractivity contribution < 1.29 is 13.2 Å². The van der Waals surface area contributed by atoms with Crippen LogP contribution in [0.3, 0.4) is 0 Å². The molecule has 3 aliphatic rings. The van der Waals surface area contributed by atoms with E-state index in [9.17, 15) is 13.2 Å². The molecule has 142 valence electrons. The van der Waals surface area contributed by atoms with E-state index in [1.165, 1.54) is 0 Å². The second-order valence-corrected chi connectivity index (χ2v) is 9.43. The van der Waals surface area contributed by atoms with E-state index in [4.69, 9.17) is 10.7 Å². The zero-order valence-corrected chi connectivity index (χ0v) is 15.4. The number of aromatic nitrogens is 2. The van der Waals surface area contributed by atoms with Gasteiger partial charge in [-0.1, -0.05) is 0 Å². The van der Waals surface area contributed by atoms with Crippen LogP contribution < -0.4 is 20.9 Å². The number of hydrogen-bond donors (Lipinski definition) is 2. The highest BCUT2D eigenvalue weighted by Gasteiger charge is 2.43. The summed E-state index contributed by atoms with van der Waals surface area (Å²) in [5.41, 5.74) is 5.39. The molecular weight excluding hydrogens is 356 g/mol. The predicted molar refractivity (Wildman–Crippen MR) is 97.7 cm³/mol. The highest BCUT2D eigenvalue weighted by atomic mass is 32.2. The van der Waals surface area contributed by atoms with Gasteiger partial charge in [0, 0.05) is 44.3 Å². The Morgan fingerprint density at radius 1 is 1.23 bits per heavy atom. The Hall–Kier alpha value is -1.94. The monoisotopic (exact) mass is 380 g/mol. The largest absolute Gasteiger partial charge is 0.369 e. The van der Waals surface area contributed by atoms with Crippen LogP contribution in [0.25, 0.3) is 0 Å². The Bertz CT molecular complexity index is 793. The van der Waals surface area contributed by atoms with Crippen molar-refractivity contribution in [2.24, 2.45) is 11.7 Å². The smallest absolute Gasteiger partial charge is 0.227 e. The van der Waals surface area contributed by atoms with Crippen LogP contribution in [0.4, 0.5) is 11.8 Å². The van der Waals surface area contributed by atoms with Crippen molar-refractivity contribution in [1.82, 2.24) is 15.3 Å². The van der Waals surface area contributed by atoms with Crippen molar-refractivity contribution in [1.29, 1.82) is 0 Å². The van der Waals surface area contributed by atoms with E-state index in [2.05, 4.69) is 20.1 Å². The third kappa shape index (κ3) is 3.35. The summed E-state index contributed by atoms with van der Waals surface area (Å²) in [6.07, 6.45) is 3.14. The van der Waals surface area contributed by atoms with Gasteiger partial charge in [0.1, 0.15) is 5.82 Å². The second kappa shape index (κ2) is 6.66. The number of nitrogens with zero attached hydrogens (tertiary/aromatic N) is 4. The van der Waals surface area contributed by atoms with Crippen molar-refractivity contribution in [2.75, 3.05) is 47.5 Å². The molecule has 4 rings (SSSR count). The molecule has 3 saturated heterocycles. The van der Waals surface area contributed by atoms with Gasteiger partial charge in [-0.3, -0.25) is 4.79 Å².